The van der Waals surface area contributed by atoms with E-state index in [9.17, 15) is 4.79 Å². The Labute approximate surface area is 98.8 Å². The minimum Gasteiger partial charge on any atom is -0.481 e. The molecule has 0 bridgehead atoms. The van der Waals surface area contributed by atoms with Crippen LogP contribution in [0.4, 0.5) is 5.82 Å². The maximum Gasteiger partial charge on any atom is 0.306 e. The van der Waals surface area contributed by atoms with Gasteiger partial charge < -0.3 is 19.9 Å². The van der Waals surface area contributed by atoms with Crippen molar-refractivity contribution < 1.29 is 19.4 Å². The molecule has 1 heterocycles. The first kappa shape index (κ1) is 13.2. The van der Waals surface area contributed by atoms with Crippen LogP contribution in [0.25, 0.3) is 0 Å². The molecule has 7 nitrogen and oxygen atoms in total. The van der Waals surface area contributed by atoms with Gasteiger partial charge in [0.25, 0.3) is 0 Å². The molecular weight excluding hydrogens is 226 g/mol. The molecule has 0 aliphatic carbocycles. The molecule has 0 spiro atoms. The average molecular weight is 241 g/mol. The monoisotopic (exact) mass is 241 g/mol. The van der Waals surface area contributed by atoms with Crippen LogP contribution in [0.15, 0.2) is 12.4 Å². The summed E-state index contributed by atoms with van der Waals surface area (Å²) in [5.74, 6) is 0.0953. The molecule has 1 aromatic heterocycles. The van der Waals surface area contributed by atoms with Crippen LogP contribution >= 0.6 is 0 Å². The lowest BCUT2D eigenvalue weighted by Gasteiger charge is -2.14. The third-order valence-corrected chi connectivity index (χ3v) is 2.10. The molecule has 2 N–H and O–H groups in total. The van der Waals surface area contributed by atoms with Crippen LogP contribution in [0, 0.1) is 0 Å². The third kappa shape index (κ3) is 4.64. The van der Waals surface area contributed by atoms with Gasteiger partial charge in [0.1, 0.15) is 12.1 Å². The fraction of sp³-hybridized carbons (Fsp3) is 0.500. The van der Waals surface area contributed by atoms with Crippen molar-refractivity contribution in [2.45, 2.75) is 12.5 Å². The molecule has 0 aliphatic rings. The molecule has 1 unspecified atom stereocenters. The number of methoxy groups -OCH3 is 2. The number of carbonyl (C=O) groups is 1. The maximum atomic E-state index is 10.5. The predicted molar refractivity (Wildman–Crippen MR) is 60.1 cm³/mol. The normalized spacial score (nSPS) is 11.9. The molecule has 7 heteroatoms. The van der Waals surface area contributed by atoms with E-state index in [1.54, 1.807) is 6.07 Å². The van der Waals surface area contributed by atoms with Gasteiger partial charge in [-0.3, -0.25) is 4.79 Å². The van der Waals surface area contributed by atoms with Crippen molar-refractivity contribution in [2.75, 3.05) is 26.1 Å². The number of rotatable bonds is 7. The lowest BCUT2D eigenvalue weighted by Crippen LogP contribution is -2.25. The number of carboxylic acid groups (broad SMARTS) is 1. The second-order valence-corrected chi connectivity index (χ2v) is 3.28. The Hall–Kier alpha value is -1.89. The van der Waals surface area contributed by atoms with Crippen molar-refractivity contribution in [3.8, 4) is 5.88 Å². The summed E-state index contributed by atoms with van der Waals surface area (Å²) >= 11 is 0. The van der Waals surface area contributed by atoms with Crippen molar-refractivity contribution in [3.63, 3.8) is 0 Å². The molecule has 0 amide bonds. The van der Waals surface area contributed by atoms with Gasteiger partial charge in [-0.1, -0.05) is 0 Å². The molecule has 0 aromatic carbocycles. The van der Waals surface area contributed by atoms with E-state index in [-0.39, 0.29) is 6.42 Å². The lowest BCUT2D eigenvalue weighted by molar-refractivity contribution is -0.139. The SMILES string of the molecule is COc1cc(NCC(CC(=O)O)OC)ncn1. The zero-order valence-electron chi connectivity index (χ0n) is 9.71. The Morgan fingerprint density at radius 3 is 2.88 bits per heavy atom. The lowest BCUT2D eigenvalue weighted by atomic mass is 10.2. The zero-order valence-corrected chi connectivity index (χ0v) is 9.71. The number of hydrogen-bond donors (Lipinski definition) is 2. The molecule has 0 aliphatic heterocycles. The van der Waals surface area contributed by atoms with E-state index in [0.717, 1.165) is 0 Å². The highest BCUT2D eigenvalue weighted by Crippen LogP contribution is 2.10. The van der Waals surface area contributed by atoms with Crippen LogP contribution < -0.4 is 10.1 Å². The fourth-order valence-corrected chi connectivity index (χ4v) is 1.20. The van der Waals surface area contributed by atoms with Crippen LogP contribution in [0.5, 0.6) is 5.88 Å². The average Bonchev–Trinajstić information content (AvgIpc) is 2.34. The van der Waals surface area contributed by atoms with Crippen LogP contribution in [0.2, 0.25) is 0 Å². The number of hydrogen-bond acceptors (Lipinski definition) is 6. The number of aliphatic carboxylic acids is 1. The molecule has 0 saturated heterocycles. The summed E-state index contributed by atoms with van der Waals surface area (Å²) in [6.07, 6.45) is 0.889. The van der Waals surface area contributed by atoms with Crippen LogP contribution in [-0.4, -0.2) is 47.9 Å². The smallest absolute Gasteiger partial charge is 0.306 e. The fourth-order valence-electron chi connectivity index (χ4n) is 1.20. The van der Waals surface area contributed by atoms with Crippen molar-refractivity contribution in [3.05, 3.63) is 12.4 Å². The van der Waals surface area contributed by atoms with Crippen molar-refractivity contribution in [1.82, 2.24) is 9.97 Å². The summed E-state index contributed by atoms with van der Waals surface area (Å²) in [6.45, 7) is 0.350. The van der Waals surface area contributed by atoms with E-state index in [4.69, 9.17) is 14.6 Å². The van der Waals surface area contributed by atoms with E-state index >= 15 is 0 Å². The van der Waals surface area contributed by atoms with Gasteiger partial charge in [-0.2, -0.15) is 0 Å². The Balaban J connectivity index is 2.50. The standard InChI is InChI=1S/C10H15N3O4/c1-16-7(3-10(14)15)5-11-8-4-9(17-2)13-6-12-8/h4,6-7H,3,5H2,1-2H3,(H,14,15)(H,11,12,13). The second-order valence-electron chi connectivity index (χ2n) is 3.28. The third-order valence-electron chi connectivity index (χ3n) is 2.10. The van der Waals surface area contributed by atoms with E-state index in [0.29, 0.717) is 18.2 Å². The molecule has 94 valence electrons. The largest absolute Gasteiger partial charge is 0.481 e. The highest BCUT2D eigenvalue weighted by atomic mass is 16.5. The Kier molecular flexibility index (Phi) is 5.15. The molecule has 1 aromatic rings. The van der Waals surface area contributed by atoms with E-state index in [1.165, 1.54) is 20.5 Å². The molecular formula is C10H15N3O4. The van der Waals surface area contributed by atoms with Gasteiger partial charge in [0.2, 0.25) is 5.88 Å². The number of aromatic nitrogens is 2. The summed E-state index contributed by atoms with van der Waals surface area (Å²) in [4.78, 5) is 18.3. The molecule has 1 rings (SSSR count). The second kappa shape index (κ2) is 6.64. The topological polar surface area (TPSA) is 93.6 Å². The van der Waals surface area contributed by atoms with Crippen LogP contribution in [-0.2, 0) is 9.53 Å². The summed E-state index contributed by atoms with van der Waals surface area (Å²) in [7, 11) is 2.98. The van der Waals surface area contributed by atoms with E-state index in [1.807, 2.05) is 0 Å². The van der Waals surface area contributed by atoms with Gasteiger partial charge in [0, 0.05) is 19.7 Å². The zero-order chi connectivity index (χ0) is 12.7. The first-order valence-electron chi connectivity index (χ1n) is 5.00. The number of nitrogens with one attached hydrogen (secondary N) is 1. The number of nitrogens with zero attached hydrogens (tertiary/aromatic N) is 2. The molecule has 0 radical (unpaired) electrons. The summed E-state index contributed by atoms with van der Waals surface area (Å²) in [5, 5.41) is 11.6. The van der Waals surface area contributed by atoms with Gasteiger partial charge in [-0.25, -0.2) is 9.97 Å². The highest BCUT2D eigenvalue weighted by molar-refractivity contribution is 5.67. The van der Waals surface area contributed by atoms with E-state index in [2.05, 4.69) is 15.3 Å². The van der Waals surface area contributed by atoms with Crippen LogP contribution in [0.3, 0.4) is 0 Å². The first-order chi connectivity index (χ1) is 8.15. The molecule has 17 heavy (non-hydrogen) atoms. The summed E-state index contributed by atoms with van der Waals surface area (Å²) < 4.78 is 9.96. The Morgan fingerprint density at radius 1 is 1.53 bits per heavy atom. The van der Waals surface area contributed by atoms with Gasteiger partial charge in [-0.05, 0) is 0 Å². The Morgan fingerprint density at radius 2 is 2.29 bits per heavy atom. The first-order valence-corrected chi connectivity index (χ1v) is 5.00. The van der Waals surface area contributed by atoms with Gasteiger partial charge in [-0.15, -0.1) is 0 Å². The summed E-state index contributed by atoms with van der Waals surface area (Å²) in [6, 6.07) is 1.62. The van der Waals surface area contributed by atoms with Crippen LogP contribution in [0.1, 0.15) is 6.42 Å². The van der Waals surface area contributed by atoms with Gasteiger partial charge in [0.05, 0.1) is 19.6 Å². The number of anilines is 1. The van der Waals surface area contributed by atoms with Crippen molar-refractivity contribution in [2.24, 2.45) is 0 Å². The predicted octanol–water partition coefficient (Wildman–Crippen LogP) is 0.387. The Bertz CT molecular complexity index is 372. The molecule has 1 atom stereocenters. The van der Waals surface area contributed by atoms with Crippen molar-refractivity contribution >= 4 is 11.8 Å². The quantitative estimate of drug-likeness (QED) is 0.713. The minimum atomic E-state index is -0.904. The number of carboxylic acids is 1. The number of ether oxygens (including phenoxy) is 2. The highest BCUT2D eigenvalue weighted by Gasteiger charge is 2.12. The maximum absolute atomic E-state index is 10.5. The van der Waals surface area contributed by atoms with E-state index < -0.39 is 12.1 Å². The summed E-state index contributed by atoms with van der Waals surface area (Å²) in [5.41, 5.74) is 0. The molecule has 0 fully saturated rings. The van der Waals surface area contributed by atoms with Gasteiger partial charge >= 0.3 is 5.97 Å². The van der Waals surface area contributed by atoms with Crippen molar-refractivity contribution in [1.29, 1.82) is 0 Å². The van der Waals surface area contributed by atoms with Gasteiger partial charge in [0.15, 0.2) is 0 Å². The molecule has 0 saturated carbocycles. The minimum absolute atomic E-state index is 0.0638.